The molecule has 0 saturated carbocycles. The van der Waals surface area contributed by atoms with Crippen molar-refractivity contribution < 1.29 is 23.9 Å². The molecule has 8 heteroatoms. The van der Waals surface area contributed by atoms with Crippen LogP contribution in [0.5, 0.6) is 11.5 Å². The van der Waals surface area contributed by atoms with E-state index < -0.39 is 0 Å². The Labute approximate surface area is 158 Å². The highest BCUT2D eigenvalue weighted by Gasteiger charge is 2.20. The van der Waals surface area contributed by atoms with Crippen LogP contribution in [0.4, 0.5) is 0 Å². The minimum Gasteiger partial charge on any atom is -0.486 e. The third-order valence-electron chi connectivity index (χ3n) is 4.74. The molecule has 0 aliphatic carbocycles. The van der Waals surface area contributed by atoms with E-state index in [1.807, 2.05) is 7.05 Å². The van der Waals surface area contributed by atoms with Gasteiger partial charge in [0.25, 0.3) is 0 Å². The molecule has 2 aliphatic rings. The third-order valence-corrected chi connectivity index (χ3v) is 4.74. The SMILES string of the molecule is CN1CCN(C(=O)CNC(=O)CCC(=O)c2ccc3c(c2)OCCO3)CC1. The number of nitrogens with one attached hydrogen (secondary N) is 1. The zero-order valence-corrected chi connectivity index (χ0v) is 15.5. The lowest BCUT2D eigenvalue weighted by Gasteiger charge is -2.32. The van der Waals surface area contributed by atoms with Crippen LogP contribution in [-0.4, -0.2) is 80.4 Å². The van der Waals surface area contributed by atoms with E-state index in [0.29, 0.717) is 43.4 Å². The largest absolute Gasteiger partial charge is 0.486 e. The van der Waals surface area contributed by atoms with Crippen molar-refractivity contribution in [2.75, 3.05) is 53.0 Å². The molecule has 0 atom stereocenters. The molecule has 3 rings (SSSR count). The van der Waals surface area contributed by atoms with Gasteiger partial charge < -0.3 is 24.6 Å². The van der Waals surface area contributed by atoms with Crippen LogP contribution in [0.3, 0.4) is 0 Å². The Kier molecular flexibility index (Phi) is 6.28. The third kappa shape index (κ3) is 5.19. The molecule has 0 spiro atoms. The van der Waals surface area contributed by atoms with Gasteiger partial charge in [-0.2, -0.15) is 0 Å². The van der Waals surface area contributed by atoms with E-state index in [4.69, 9.17) is 9.47 Å². The highest BCUT2D eigenvalue weighted by molar-refractivity contribution is 5.98. The van der Waals surface area contributed by atoms with Gasteiger partial charge in [-0.3, -0.25) is 14.4 Å². The van der Waals surface area contributed by atoms with E-state index >= 15 is 0 Å². The number of rotatable bonds is 6. The molecule has 27 heavy (non-hydrogen) atoms. The van der Waals surface area contributed by atoms with Gasteiger partial charge in [-0.1, -0.05) is 0 Å². The number of benzene rings is 1. The molecule has 0 bridgehead atoms. The smallest absolute Gasteiger partial charge is 0.242 e. The monoisotopic (exact) mass is 375 g/mol. The number of piperazine rings is 1. The van der Waals surface area contributed by atoms with Crippen molar-refractivity contribution in [3.05, 3.63) is 23.8 Å². The van der Waals surface area contributed by atoms with E-state index in [-0.39, 0.29) is 37.0 Å². The van der Waals surface area contributed by atoms with Crippen molar-refractivity contribution >= 4 is 17.6 Å². The zero-order valence-electron chi connectivity index (χ0n) is 15.5. The van der Waals surface area contributed by atoms with Crippen molar-refractivity contribution in [3.63, 3.8) is 0 Å². The number of fused-ring (bicyclic) bond motifs is 1. The van der Waals surface area contributed by atoms with Crippen LogP contribution in [-0.2, 0) is 9.59 Å². The van der Waals surface area contributed by atoms with Crippen molar-refractivity contribution in [2.45, 2.75) is 12.8 Å². The fourth-order valence-electron chi connectivity index (χ4n) is 3.02. The second kappa shape index (κ2) is 8.85. The van der Waals surface area contributed by atoms with Crippen molar-refractivity contribution in [3.8, 4) is 11.5 Å². The zero-order chi connectivity index (χ0) is 19.2. The Balaban J connectivity index is 1.41. The lowest BCUT2D eigenvalue weighted by molar-refractivity contribution is -0.134. The van der Waals surface area contributed by atoms with E-state index in [0.717, 1.165) is 13.1 Å². The summed E-state index contributed by atoms with van der Waals surface area (Å²) >= 11 is 0. The van der Waals surface area contributed by atoms with Gasteiger partial charge in [0.05, 0.1) is 6.54 Å². The van der Waals surface area contributed by atoms with E-state index in [2.05, 4.69) is 10.2 Å². The molecule has 0 aromatic heterocycles. The number of carbonyl (C=O) groups excluding carboxylic acids is 3. The highest BCUT2D eigenvalue weighted by atomic mass is 16.6. The first-order chi connectivity index (χ1) is 13.0. The lowest BCUT2D eigenvalue weighted by atomic mass is 10.1. The van der Waals surface area contributed by atoms with Crippen LogP contribution in [0.1, 0.15) is 23.2 Å². The molecule has 2 heterocycles. The predicted octanol–water partition coefficient (Wildman–Crippen LogP) is 0.311. The second-order valence-electron chi connectivity index (χ2n) is 6.74. The second-order valence-corrected chi connectivity index (χ2v) is 6.74. The number of carbonyl (C=O) groups is 3. The molecule has 1 N–H and O–H groups in total. The topological polar surface area (TPSA) is 88.2 Å². The van der Waals surface area contributed by atoms with Crippen LogP contribution in [0.15, 0.2) is 18.2 Å². The van der Waals surface area contributed by atoms with Gasteiger partial charge in [-0.25, -0.2) is 0 Å². The Morgan fingerprint density at radius 1 is 1.00 bits per heavy atom. The number of hydrogen-bond acceptors (Lipinski definition) is 6. The standard InChI is InChI=1S/C19H25N3O5/c1-21-6-8-22(9-7-21)19(25)13-20-18(24)5-3-15(23)14-2-4-16-17(12-14)27-11-10-26-16/h2,4,12H,3,5-11,13H2,1H3,(H,20,24). The van der Waals surface area contributed by atoms with Gasteiger partial charge in [0.2, 0.25) is 11.8 Å². The molecule has 2 amide bonds. The summed E-state index contributed by atoms with van der Waals surface area (Å²) in [7, 11) is 2.02. The summed E-state index contributed by atoms with van der Waals surface area (Å²) in [6.07, 6.45) is 0.122. The number of likely N-dealkylation sites (N-methyl/N-ethyl adjacent to an activating group) is 1. The van der Waals surface area contributed by atoms with Gasteiger partial charge in [0.1, 0.15) is 13.2 Å². The predicted molar refractivity (Wildman–Crippen MR) is 98.1 cm³/mol. The molecule has 146 valence electrons. The van der Waals surface area contributed by atoms with Crippen molar-refractivity contribution in [1.82, 2.24) is 15.1 Å². The van der Waals surface area contributed by atoms with Crippen molar-refractivity contribution in [2.24, 2.45) is 0 Å². The fraction of sp³-hybridized carbons (Fsp3) is 0.526. The normalized spacial score (nSPS) is 16.7. The Bertz CT molecular complexity index is 713. The molecule has 8 nitrogen and oxygen atoms in total. The first-order valence-electron chi connectivity index (χ1n) is 9.19. The first-order valence-corrected chi connectivity index (χ1v) is 9.19. The number of ketones is 1. The van der Waals surface area contributed by atoms with Gasteiger partial charge >= 0.3 is 0 Å². The molecule has 1 saturated heterocycles. The summed E-state index contributed by atoms with van der Waals surface area (Å²) < 4.78 is 10.9. The van der Waals surface area contributed by atoms with Gasteiger partial charge in [-0.05, 0) is 25.2 Å². The maximum Gasteiger partial charge on any atom is 0.242 e. The minimum atomic E-state index is -0.302. The highest BCUT2D eigenvalue weighted by Crippen LogP contribution is 2.31. The summed E-state index contributed by atoms with van der Waals surface area (Å²) in [4.78, 5) is 40.3. The van der Waals surface area contributed by atoms with Gasteiger partial charge in [-0.15, -0.1) is 0 Å². The molecule has 1 aromatic carbocycles. The van der Waals surface area contributed by atoms with Crippen LogP contribution in [0.25, 0.3) is 0 Å². The Morgan fingerprint density at radius 3 is 2.44 bits per heavy atom. The maximum absolute atomic E-state index is 12.3. The summed E-state index contributed by atoms with van der Waals surface area (Å²) in [5, 5.41) is 2.61. The Morgan fingerprint density at radius 2 is 1.70 bits per heavy atom. The number of Topliss-reactive ketones (excluding diaryl/α,β-unsaturated/α-hetero) is 1. The minimum absolute atomic E-state index is 0.0270. The van der Waals surface area contributed by atoms with Crippen LogP contribution in [0.2, 0.25) is 0 Å². The molecular formula is C19H25N3O5. The van der Waals surface area contributed by atoms with Crippen molar-refractivity contribution in [1.29, 1.82) is 0 Å². The number of nitrogens with zero attached hydrogens (tertiary/aromatic N) is 2. The summed E-state index contributed by atoms with van der Waals surface area (Å²) in [5.41, 5.74) is 0.487. The molecule has 1 aromatic rings. The quantitative estimate of drug-likeness (QED) is 0.720. The van der Waals surface area contributed by atoms with Crippen LogP contribution >= 0.6 is 0 Å². The van der Waals surface area contributed by atoms with Crippen LogP contribution in [0, 0.1) is 0 Å². The molecule has 1 fully saturated rings. The summed E-state index contributed by atoms with van der Waals surface area (Å²) in [6, 6.07) is 5.02. The van der Waals surface area contributed by atoms with Gasteiger partial charge in [0.15, 0.2) is 17.3 Å². The maximum atomic E-state index is 12.3. The van der Waals surface area contributed by atoms with E-state index in [1.165, 1.54) is 0 Å². The number of amides is 2. The van der Waals surface area contributed by atoms with Crippen LogP contribution < -0.4 is 14.8 Å². The summed E-state index contributed by atoms with van der Waals surface area (Å²) in [6.45, 7) is 3.94. The Hall–Kier alpha value is -2.61. The average molecular weight is 375 g/mol. The average Bonchev–Trinajstić information content (AvgIpc) is 2.70. The van der Waals surface area contributed by atoms with Gasteiger partial charge in [0, 0.05) is 44.6 Å². The fourth-order valence-corrected chi connectivity index (χ4v) is 3.02. The molecular weight excluding hydrogens is 350 g/mol. The molecule has 0 radical (unpaired) electrons. The molecule has 0 unspecified atom stereocenters. The number of ether oxygens (including phenoxy) is 2. The van der Waals surface area contributed by atoms with E-state index in [1.54, 1.807) is 23.1 Å². The molecule has 2 aliphatic heterocycles. The number of hydrogen-bond donors (Lipinski definition) is 1. The van der Waals surface area contributed by atoms with E-state index in [9.17, 15) is 14.4 Å². The summed E-state index contributed by atoms with van der Waals surface area (Å²) in [5.74, 6) is 0.637. The first kappa shape index (κ1) is 19.2. The lowest BCUT2D eigenvalue weighted by Crippen LogP contribution is -2.50.